The van der Waals surface area contributed by atoms with E-state index in [0.29, 0.717) is 0 Å². The van der Waals surface area contributed by atoms with Crippen LogP contribution in [-0.2, 0) is 0 Å². The van der Waals surface area contributed by atoms with Crippen molar-refractivity contribution in [3.05, 3.63) is 30.1 Å². The van der Waals surface area contributed by atoms with Gasteiger partial charge in [-0.15, -0.1) is 24.0 Å². The highest BCUT2D eigenvalue weighted by Gasteiger charge is 2.19. The summed E-state index contributed by atoms with van der Waals surface area (Å²) in [4.78, 5) is 9.35. The minimum Gasteiger partial charge on any atom is -0.368 e. The van der Waals surface area contributed by atoms with E-state index in [2.05, 4.69) is 28.3 Å². The molecule has 7 heteroatoms. The molecule has 1 saturated heterocycles. The number of guanidine groups is 1. The van der Waals surface area contributed by atoms with Gasteiger partial charge in [-0.3, -0.25) is 4.99 Å². The van der Waals surface area contributed by atoms with E-state index in [1.165, 1.54) is 12.1 Å². The van der Waals surface area contributed by atoms with E-state index in [4.69, 9.17) is 4.99 Å². The predicted octanol–water partition coefficient (Wildman–Crippen LogP) is 3.28. The zero-order valence-corrected chi connectivity index (χ0v) is 17.6. The molecule has 2 rings (SSSR count). The van der Waals surface area contributed by atoms with Gasteiger partial charge >= 0.3 is 0 Å². The molecule has 0 bridgehead atoms. The van der Waals surface area contributed by atoms with Crippen LogP contribution < -0.4 is 10.2 Å². The molecule has 0 radical (unpaired) electrons. The normalized spacial score (nSPS) is 15.2. The molecule has 0 spiro atoms. The number of hydrogen-bond donors (Lipinski definition) is 1. The van der Waals surface area contributed by atoms with Gasteiger partial charge in [0.1, 0.15) is 5.82 Å². The third kappa shape index (κ3) is 6.66. The molecule has 0 amide bonds. The van der Waals surface area contributed by atoms with Gasteiger partial charge in [-0.2, -0.15) is 11.8 Å². The fourth-order valence-electron chi connectivity index (χ4n) is 2.65. The molecule has 1 heterocycles. The van der Waals surface area contributed by atoms with E-state index >= 15 is 0 Å². The third-order valence-corrected chi connectivity index (χ3v) is 4.57. The number of halogens is 2. The van der Waals surface area contributed by atoms with E-state index in [9.17, 15) is 4.39 Å². The van der Waals surface area contributed by atoms with Crippen LogP contribution in [0, 0.1) is 5.82 Å². The molecule has 1 N–H and O–H groups in total. The lowest BCUT2D eigenvalue weighted by Gasteiger charge is -2.37. The molecule has 1 aromatic rings. The third-order valence-electron chi connectivity index (χ3n) is 3.87. The number of hydrogen-bond acceptors (Lipinski definition) is 3. The second kappa shape index (κ2) is 11.8. The van der Waals surface area contributed by atoms with Gasteiger partial charge in [0.25, 0.3) is 0 Å². The fraction of sp³-hybridized carbons (Fsp3) is 0.588. The Morgan fingerprint density at radius 3 is 2.46 bits per heavy atom. The quantitative estimate of drug-likeness (QED) is 0.302. The first kappa shape index (κ1) is 21.3. The summed E-state index contributed by atoms with van der Waals surface area (Å²) in [6.45, 7) is 7.60. The smallest absolute Gasteiger partial charge is 0.194 e. The lowest BCUT2D eigenvalue weighted by atomic mass is 10.2. The topological polar surface area (TPSA) is 30.9 Å². The van der Waals surface area contributed by atoms with Crippen molar-refractivity contribution in [3.8, 4) is 0 Å². The van der Waals surface area contributed by atoms with Crippen LogP contribution in [0.1, 0.15) is 13.3 Å². The van der Waals surface area contributed by atoms with Crippen molar-refractivity contribution in [1.29, 1.82) is 0 Å². The van der Waals surface area contributed by atoms with Gasteiger partial charge in [0.15, 0.2) is 5.96 Å². The fourth-order valence-corrected chi connectivity index (χ4v) is 3.07. The number of anilines is 1. The number of aliphatic imine (C=N–C) groups is 1. The van der Waals surface area contributed by atoms with Crippen molar-refractivity contribution in [2.45, 2.75) is 13.3 Å². The zero-order valence-electron chi connectivity index (χ0n) is 14.5. The number of rotatable bonds is 6. The first-order valence-corrected chi connectivity index (χ1v) is 9.66. The summed E-state index contributed by atoms with van der Waals surface area (Å²) in [6, 6.07) is 6.76. The van der Waals surface area contributed by atoms with Crippen molar-refractivity contribution in [2.24, 2.45) is 4.99 Å². The average Bonchev–Trinajstić information content (AvgIpc) is 2.59. The lowest BCUT2D eigenvalue weighted by molar-refractivity contribution is 0.372. The summed E-state index contributed by atoms with van der Waals surface area (Å²) >= 11 is 1.86. The molecule has 24 heavy (non-hydrogen) atoms. The second-order valence-electron chi connectivity index (χ2n) is 5.53. The number of nitrogens with one attached hydrogen (secondary N) is 1. The van der Waals surface area contributed by atoms with Crippen molar-refractivity contribution in [1.82, 2.24) is 10.2 Å². The maximum absolute atomic E-state index is 13.0. The molecule has 0 aliphatic carbocycles. The second-order valence-corrected chi connectivity index (χ2v) is 6.52. The van der Waals surface area contributed by atoms with Crippen molar-refractivity contribution in [2.75, 3.05) is 56.2 Å². The molecule has 1 aliphatic rings. The number of nitrogens with zero attached hydrogens (tertiary/aromatic N) is 3. The van der Waals surface area contributed by atoms with Gasteiger partial charge in [0.05, 0.1) is 0 Å². The molecule has 1 aromatic carbocycles. The Morgan fingerprint density at radius 2 is 1.88 bits per heavy atom. The molecule has 0 unspecified atom stereocenters. The van der Waals surface area contributed by atoms with Crippen LogP contribution in [0.2, 0.25) is 0 Å². The van der Waals surface area contributed by atoms with E-state index in [0.717, 1.165) is 63.1 Å². The standard InChI is InChI=1S/C17H27FN4S.HI/c1-3-19-17(20-9-4-14-23-2)22-12-10-21(11-13-22)16-7-5-15(18)6-8-16;/h5-8H,3-4,9-14H2,1-2H3,(H,19,20);1H. The Morgan fingerprint density at radius 1 is 1.21 bits per heavy atom. The zero-order chi connectivity index (χ0) is 16.5. The summed E-state index contributed by atoms with van der Waals surface area (Å²) in [5.74, 6) is 1.99. The maximum atomic E-state index is 13.0. The average molecular weight is 466 g/mol. The van der Waals surface area contributed by atoms with Crippen LogP contribution in [0.3, 0.4) is 0 Å². The Balaban J connectivity index is 0.00000288. The maximum Gasteiger partial charge on any atom is 0.194 e. The number of piperazine rings is 1. The van der Waals surface area contributed by atoms with Gasteiger partial charge < -0.3 is 15.1 Å². The van der Waals surface area contributed by atoms with Gasteiger partial charge in [0, 0.05) is 45.0 Å². The lowest BCUT2D eigenvalue weighted by Crippen LogP contribution is -2.52. The molecule has 136 valence electrons. The Bertz CT molecular complexity index is 490. The van der Waals surface area contributed by atoms with Crippen LogP contribution in [0.25, 0.3) is 0 Å². The predicted molar refractivity (Wildman–Crippen MR) is 115 cm³/mol. The molecule has 0 aromatic heterocycles. The molecule has 0 atom stereocenters. The van der Waals surface area contributed by atoms with Crippen LogP contribution in [0.5, 0.6) is 0 Å². The Kier molecular flexibility index (Phi) is 10.5. The molecule has 0 saturated carbocycles. The molecule has 1 aliphatic heterocycles. The van der Waals surface area contributed by atoms with Crippen molar-refractivity contribution >= 4 is 47.4 Å². The van der Waals surface area contributed by atoms with Crippen LogP contribution in [0.15, 0.2) is 29.3 Å². The van der Waals surface area contributed by atoms with Gasteiger partial charge in [0.2, 0.25) is 0 Å². The summed E-state index contributed by atoms with van der Waals surface area (Å²) in [5.41, 5.74) is 1.09. The minimum absolute atomic E-state index is 0. The Labute approximate surface area is 166 Å². The molecular formula is C17H28FIN4S. The van der Waals surface area contributed by atoms with Gasteiger partial charge in [-0.1, -0.05) is 0 Å². The van der Waals surface area contributed by atoms with Crippen LogP contribution >= 0.6 is 35.7 Å². The monoisotopic (exact) mass is 466 g/mol. The summed E-state index contributed by atoms with van der Waals surface area (Å²) in [6.07, 6.45) is 3.25. The minimum atomic E-state index is -0.181. The first-order valence-electron chi connectivity index (χ1n) is 8.27. The highest BCUT2D eigenvalue weighted by atomic mass is 127. The summed E-state index contributed by atoms with van der Waals surface area (Å²) in [5, 5.41) is 3.39. The van der Waals surface area contributed by atoms with E-state index in [1.54, 1.807) is 0 Å². The molecular weight excluding hydrogens is 438 g/mol. The van der Waals surface area contributed by atoms with Crippen molar-refractivity contribution < 1.29 is 4.39 Å². The van der Waals surface area contributed by atoms with E-state index < -0.39 is 0 Å². The van der Waals surface area contributed by atoms with E-state index in [1.807, 2.05) is 23.9 Å². The van der Waals surface area contributed by atoms with Gasteiger partial charge in [-0.05, 0) is 49.6 Å². The van der Waals surface area contributed by atoms with E-state index in [-0.39, 0.29) is 29.8 Å². The number of benzene rings is 1. The van der Waals surface area contributed by atoms with Crippen LogP contribution in [0.4, 0.5) is 10.1 Å². The Hall–Kier alpha value is -0.700. The summed E-state index contributed by atoms with van der Waals surface area (Å²) < 4.78 is 13.0. The highest BCUT2D eigenvalue weighted by molar-refractivity contribution is 14.0. The first-order chi connectivity index (χ1) is 11.2. The van der Waals surface area contributed by atoms with Crippen molar-refractivity contribution in [3.63, 3.8) is 0 Å². The molecule has 1 fully saturated rings. The summed E-state index contributed by atoms with van der Waals surface area (Å²) in [7, 11) is 0. The number of thioether (sulfide) groups is 1. The highest BCUT2D eigenvalue weighted by Crippen LogP contribution is 2.17. The SMILES string of the molecule is CCNC(=NCCCSC)N1CCN(c2ccc(F)cc2)CC1.I. The molecule has 4 nitrogen and oxygen atoms in total. The largest absolute Gasteiger partial charge is 0.368 e. The van der Waals surface area contributed by atoms with Crippen LogP contribution in [-0.4, -0.2) is 62.1 Å². The van der Waals surface area contributed by atoms with Gasteiger partial charge in [-0.25, -0.2) is 4.39 Å².